The number of aromatic nitrogens is 2. The molecular formula is C12H20N4OS. The van der Waals surface area contributed by atoms with Crippen molar-refractivity contribution in [3.8, 4) is 0 Å². The van der Waals surface area contributed by atoms with Gasteiger partial charge in [-0.25, -0.2) is 4.98 Å². The minimum atomic E-state index is 0.400. The van der Waals surface area contributed by atoms with E-state index in [1.165, 1.54) is 24.4 Å². The van der Waals surface area contributed by atoms with Gasteiger partial charge in [0.1, 0.15) is 5.82 Å². The highest BCUT2D eigenvalue weighted by atomic mass is 32.1. The van der Waals surface area contributed by atoms with Crippen molar-refractivity contribution in [3.05, 3.63) is 5.82 Å². The van der Waals surface area contributed by atoms with Gasteiger partial charge in [-0.2, -0.15) is 4.37 Å². The predicted octanol–water partition coefficient (Wildman–Crippen LogP) is 1.06. The minimum Gasteiger partial charge on any atom is -0.377 e. The van der Waals surface area contributed by atoms with E-state index in [9.17, 15) is 0 Å². The molecule has 1 unspecified atom stereocenters. The highest BCUT2D eigenvalue weighted by Gasteiger charge is 2.28. The maximum atomic E-state index is 5.59. The number of anilines is 1. The number of hydrogen-bond donors (Lipinski definition) is 1. The van der Waals surface area contributed by atoms with Crippen molar-refractivity contribution in [1.29, 1.82) is 0 Å². The van der Waals surface area contributed by atoms with E-state index < -0.39 is 0 Å². The molecule has 1 atom stereocenters. The van der Waals surface area contributed by atoms with Gasteiger partial charge in [0.25, 0.3) is 0 Å². The summed E-state index contributed by atoms with van der Waals surface area (Å²) in [5, 5.41) is 4.64. The summed E-state index contributed by atoms with van der Waals surface area (Å²) in [5.74, 6) is 0.954. The third kappa shape index (κ3) is 2.81. The van der Waals surface area contributed by atoms with Gasteiger partial charge < -0.3 is 15.0 Å². The maximum absolute atomic E-state index is 5.59. The van der Waals surface area contributed by atoms with E-state index in [-0.39, 0.29) is 0 Å². The van der Waals surface area contributed by atoms with Crippen LogP contribution in [0, 0.1) is 0 Å². The molecule has 2 heterocycles. The molecule has 2 aliphatic rings. The van der Waals surface area contributed by atoms with Gasteiger partial charge in [0.05, 0.1) is 19.3 Å². The third-order valence-corrected chi connectivity index (χ3v) is 4.26. The molecule has 1 aliphatic heterocycles. The van der Waals surface area contributed by atoms with Crippen LogP contribution in [0.1, 0.15) is 25.6 Å². The summed E-state index contributed by atoms with van der Waals surface area (Å²) in [5.41, 5.74) is 0. The van der Waals surface area contributed by atoms with Crippen LogP contribution in [0.3, 0.4) is 0 Å². The van der Waals surface area contributed by atoms with Crippen LogP contribution in [0.25, 0.3) is 0 Å². The van der Waals surface area contributed by atoms with Crippen LogP contribution in [0.15, 0.2) is 0 Å². The van der Waals surface area contributed by atoms with Gasteiger partial charge in [0, 0.05) is 37.1 Å². The van der Waals surface area contributed by atoms with Crippen LogP contribution in [0.5, 0.6) is 0 Å². The first-order valence-corrected chi connectivity index (χ1v) is 7.54. The molecule has 0 radical (unpaired) electrons. The second kappa shape index (κ2) is 5.50. The first-order chi connectivity index (χ1) is 8.86. The average Bonchev–Trinajstić information content (AvgIpc) is 3.12. The molecular weight excluding hydrogens is 248 g/mol. The van der Waals surface area contributed by atoms with Gasteiger partial charge in [-0.05, 0) is 12.8 Å². The van der Waals surface area contributed by atoms with Crippen molar-refractivity contribution in [3.63, 3.8) is 0 Å². The molecule has 6 heteroatoms. The van der Waals surface area contributed by atoms with E-state index in [1.807, 2.05) is 0 Å². The van der Waals surface area contributed by atoms with Crippen LogP contribution in [0.2, 0.25) is 0 Å². The summed E-state index contributed by atoms with van der Waals surface area (Å²) in [4.78, 5) is 6.95. The second-order valence-corrected chi connectivity index (χ2v) is 5.68. The fraction of sp³-hybridized carbons (Fsp3) is 0.833. The van der Waals surface area contributed by atoms with Gasteiger partial charge in [-0.3, -0.25) is 0 Å². The van der Waals surface area contributed by atoms with Crippen LogP contribution < -0.4 is 10.2 Å². The Morgan fingerprint density at radius 1 is 1.50 bits per heavy atom. The van der Waals surface area contributed by atoms with Crippen molar-refractivity contribution < 1.29 is 4.74 Å². The van der Waals surface area contributed by atoms with Crippen molar-refractivity contribution >= 4 is 16.7 Å². The van der Waals surface area contributed by atoms with Gasteiger partial charge in [0.15, 0.2) is 0 Å². The van der Waals surface area contributed by atoms with Crippen LogP contribution in [0.4, 0.5) is 5.13 Å². The molecule has 0 aromatic carbocycles. The summed E-state index contributed by atoms with van der Waals surface area (Å²) in [6, 6.07) is 1.14. The Balaban J connectivity index is 1.65. The van der Waals surface area contributed by atoms with Gasteiger partial charge in [-0.15, -0.1) is 0 Å². The fourth-order valence-corrected chi connectivity index (χ4v) is 3.02. The molecule has 0 spiro atoms. The molecule has 1 aromatic heterocycles. The zero-order valence-corrected chi connectivity index (χ0v) is 11.6. The second-order valence-electron chi connectivity index (χ2n) is 4.95. The lowest BCUT2D eigenvalue weighted by Gasteiger charge is -2.35. The predicted molar refractivity (Wildman–Crippen MR) is 72.3 cm³/mol. The van der Waals surface area contributed by atoms with E-state index in [4.69, 9.17) is 4.74 Å². The van der Waals surface area contributed by atoms with E-state index in [0.29, 0.717) is 6.04 Å². The minimum absolute atomic E-state index is 0.400. The van der Waals surface area contributed by atoms with Crippen molar-refractivity contribution in [2.45, 2.75) is 38.3 Å². The highest BCUT2D eigenvalue weighted by Crippen LogP contribution is 2.23. The highest BCUT2D eigenvalue weighted by molar-refractivity contribution is 7.09. The third-order valence-electron chi connectivity index (χ3n) is 3.47. The molecule has 1 saturated carbocycles. The molecule has 0 amide bonds. The maximum Gasteiger partial charge on any atom is 0.205 e. The number of hydrogen-bond acceptors (Lipinski definition) is 6. The Labute approximate surface area is 112 Å². The van der Waals surface area contributed by atoms with Crippen molar-refractivity contribution in [2.75, 3.05) is 31.2 Å². The number of ether oxygens (including phenoxy) is 1. The molecule has 1 N–H and O–H groups in total. The number of aryl methyl sites for hydroxylation is 1. The lowest BCUT2D eigenvalue weighted by atomic mass is 10.2. The molecule has 2 fully saturated rings. The Kier molecular flexibility index (Phi) is 3.77. The summed E-state index contributed by atoms with van der Waals surface area (Å²) in [6.45, 7) is 5.60. The monoisotopic (exact) mass is 268 g/mol. The summed E-state index contributed by atoms with van der Waals surface area (Å²) >= 11 is 1.52. The Bertz CT molecular complexity index is 393. The number of morpholine rings is 1. The fourth-order valence-electron chi connectivity index (χ4n) is 2.17. The topological polar surface area (TPSA) is 50.3 Å². The normalized spacial score (nSPS) is 24.5. The van der Waals surface area contributed by atoms with E-state index in [2.05, 4.69) is 26.5 Å². The van der Waals surface area contributed by atoms with Crippen molar-refractivity contribution in [1.82, 2.24) is 14.7 Å². The summed E-state index contributed by atoms with van der Waals surface area (Å²) in [7, 11) is 0. The van der Waals surface area contributed by atoms with E-state index in [1.54, 1.807) is 0 Å². The van der Waals surface area contributed by atoms with Gasteiger partial charge in [0.2, 0.25) is 5.13 Å². The molecule has 5 nitrogen and oxygen atoms in total. The average molecular weight is 268 g/mol. The summed E-state index contributed by atoms with van der Waals surface area (Å²) in [6.07, 6.45) is 3.56. The van der Waals surface area contributed by atoms with Crippen molar-refractivity contribution in [2.24, 2.45) is 0 Å². The smallest absolute Gasteiger partial charge is 0.205 e. The Hall–Kier alpha value is -0.720. The quantitative estimate of drug-likeness (QED) is 0.865. The zero-order valence-electron chi connectivity index (χ0n) is 10.8. The number of rotatable bonds is 5. The first-order valence-electron chi connectivity index (χ1n) is 6.77. The molecule has 0 bridgehead atoms. The SMILES string of the molecule is CCc1nsc(N2CCOCC2CNC2CC2)n1. The molecule has 1 aromatic rings. The van der Waals surface area contributed by atoms with E-state index >= 15 is 0 Å². The number of nitrogens with zero attached hydrogens (tertiary/aromatic N) is 3. The molecule has 18 heavy (non-hydrogen) atoms. The zero-order chi connectivity index (χ0) is 12.4. The lowest BCUT2D eigenvalue weighted by Crippen LogP contribution is -2.51. The largest absolute Gasteiger partial charge is 0.377 e. The standard InChI is InChI=1S/C12H20N4OS/c1-2-11-14-12(18-15-11)16-5-6-17-8-10(16)7-13-9-3-4-9/h9-10,13H,2-8H2,1H3. The number of nitrogens with one attached hydrogen (secondary N) is 1. The Morgan fingerprint density at radius 2 is 2.39 bits per heavy atom. The molecule has 100 valence electrons. The van der Waals surface area contributed by atoms with Crippen LogP contribution >= 0.6 is 11.5 Å². The Morgan fingerprint density at radius 3 is 3.11 bits per heavy atom. The van der Waals surface area contributed by atoms with Crippen LogP contribution in [-0.4, -0.2) is 47.7 Å². The summed E-state index contributed by atoms with van der Waals surface area (Å²) < 4.78 is 9.97. The van der Waals surface area contributed by atoms with Crippen LogP contribution in [-0.2, 0) is 11.2 Å². The first kappa shape index (κ1) is 12.3. The molecule has 1 aliphatic carbocycles. The lowest BCUT2D eigenvalue weighted by molar-refractivity contribution is 0.0936. The van der Waals surface area contributed by atoms with E-state index in [0.717, 1.165) is 49.7 Å². The van der Waals surface area contributed by atoms with Gasteiger partial charge in [-0.1, -0.05) is 6.92 Å². The van der Waals surface area contributed by atoms with Gasteiger partial charge >= 0.3 is 0 Å². The molecule has 3 rings (SSSR count). The molecule has 1 saturated heterocycles.